The molecular formula is C14H11F3N2OS. The summed E-state index contributed by atoms with van der Waals surface area (Å²) >= 11 is 1.38. The van der Waals surface area contributed by atoms with Gasteiger partial charge < -0.3 is 10.2 Å². The highest BCUT2D eigenvalue weighted by Crippen LogP contribution is 2.35. The van der Waals surface area contributed by atoms with E-state index >= 15 is 0 Å². The second-order valence-electron chi connectivity index (χ2n) is 4.70. The highest BCUT2D eigenvalue weighted by Gasteiger charge is 2.40. The van der Waals surface area contributed by atoms with E-state index in [4.69, 9.17) is 0 Å². The minimum atomic E-state index is -4.45. The summed E-state index contributed by atoms with van der Waals surface area (Å²) in [5, 5.41) is 6.52. The molecule has 3 rings (SSSR count). The number of carbonyl (C=O) groups excluding carboxylic acids is 1. The van der Waals surface area contributed by atoms with E-state index in [1.54, 1.807) is 35.0 Å². The zero-order chi connectivity index (χ0) is 15.0. The maximum absolute atomic E-state index is 12.8. The molecule has 0 aliphatic carbocycles. The van der Waals surface area contributed by atoms with Gasteiger partial charge in [-0.2, -0.15) is 24.5 Å². The van der Waals surface area contributed by atoms with Gasteiger partial charge in [-0.3, -0.25) is 4.79 Å². The number of para-hydroxylation sites is 1. The molecule has 1 amide bonds. The molecule has 2 heterocycles. The van der Waals surface area contributed by atoms with E-state index in [9.17, 15) is 18.0 Å². The van der Waals surface area contributed by atoms with Crippen LogP contribution in [-0.2, 0) is 0 Å². The maximum atomic E-state index is 12.8. The summed E-state index contributed by atoms with van der Waals surface area (Å²) in [6, 6.07) is 8.31. The summed E-state index contributed by atoms with van der Waals surface area (Å²) in [4.78, 5) is 13.2. The lowest BCUT2D eigenvalue weighted by Crippen LogP contribution is -2.47. The highest BCUT2D eigenvalue weighted by molar-refractivity contribution is 7.08. The van der Waals surface area contributed by atoms with Gasteiger partial charge in [-0.15, -0.1) is 0 Å². The van der Waals surface area contributed by atoms with Crippen molar-refractivity contribution in [1.82, 2.24) is 4.90 Å². The first kappa shape index (κ1) is 13.9. The predicted octanol–water partition coefficient (Wildman–Crippen LogP) is 3.88. The predicted molar refractivity (Wildman–Crippen MR) is 74.2 cm³/mol. The lowest BCUT2D eigenvalue weighted by Gasteiger charge is -2.38. The molecule has 0 saturated heterocycles. The molecule has 21 heavy (non-hydrogen) atoms. The van der Waals surface area contributed by atoms with Gasteiger partial charge >= 0.3 is 6.18 Å². The third kappa shape index (κ3) is 2.73. The van der Waals surface area contributed by atoms with Crippen LogP contribution in [0.1, 0.15) is 22.1 Å². The van der Waals surface area contributed by atoms with Crippen LogP contribution in [0.4, 0.5) is 18.9 Å². The topological polar surface area (TPSA) is 32.3 Å². The van der Waals surface area contributed by atoms with E-state index in [1.807, 2.05) is 0 Å². The molecule has 0 spiro atoms. The Morgan fingerprint density at radius 1 is 1.24 bits per heavy atom. The Morgan fingerprint density at radius 2 is 2.00 bits per heavy atom. The van der Waals surface area contributed by atoms with E-state index < -0.39 is 24.8 Å². The number of thiophene rings is 1. The standard InChI is InChI=1S/C14H11F3N2OS/c15-14(16,17)8-19-12(9-5-6-21-7-9)18-11-4-2-1-3-10(11)13(19)20/h1-7,12,18H,8H2/t12-/m0/s1. The molecule has 110 valence electrons. The molecule has 1 aromatic heterocycles. The van der Waals surface area contributed by atoms with Gasteiger partial charge in [0, 0.05) is 11.3 Å². The molecular weight excluding hydrogens is 301 g/mol. The molecule has 1 aliphatic heterocycles. The van der Waals surface area contributed by atoms with E-state index in [-0.39, 0.29) is 5.56 Å². The molecule has 0 bridgehead atoms. The zero-order valence-corrected chi connectivity index (χ0v) is 11.5. The van der Waals surface area contributed by atoms with Crippen molar-refractivity contribution in [3.05, 3.63) is 52.2 Å². The van der Waals surface area contributed by atoms with Crippen LogP contribution in [0.25, 0.3) is 0 Å². The molecule has 1 N–H and O–H groups in total. The first-order valence-corrected chi connectivity index (χ1v) is 7.15. The van der Waals surface area contributed by atoms with E-state index in [0.717, 1.165) is 4.90 Å². The van der Waals surface area contributed by atoms with Crippen LogP contribution >= 0.6 is 11.3 Å². The first-order chi connectivity index (χ1) is 9.96. The Bertz CT molecular complexity index is 654. The maximum Gasteiger partial charge on any atom is 0.406 e. The number of benzene rings is 1. The van der Waals surface area contributed by atoms with Gasteiger partial charge in [-0.1, -0.05) is 12.1 Å². The second kappa shape index (κ2) is 5.07. The number of nitrogens with zero attached hydrogens (tertiary/aromatic N) is 1. The molecule has 0 fully saturated rings. The van der Waals surface area contributed by atoms with Gasteiger partial charge in [0.15, 0.2) is 0 Å². The third-order valence-corrected chi connectivity index (χ3v) is 3.93. The Kier molecular flexibility index (Phi) is 3.36. The molecule has 1 atom stereocenters. The zero-order valence-electron chi connectivity index (χ0n) is 10.7. The highest BCUT2D eigenvalue weighted by atomic mass is 32.1. The van der Waals surface area contributed by atoms with Crippen LogP contribution in [0.3, 0.4) is 0 Å². The summed E-state index contributed by atoms with van der Waals surface area (Å²) in [6.45, 7) is -1.28. The van der Waals surface area contributed by atoms with Crippen molar-refractivity contribution in [1.29, 1.82) is 0 Å². The fraction of sp³-hybridized carbons (Fsp3) is 0.214. The number of anilines is 1. The SMILES string of the molecule is O=C1c2ccccc2N[C@H](c2ccsc2)N1CC(F)(F)F. The molecule has 0 radical (unpaired) electrons. The Morgan fingerprint density at radius 3 is 2.67 bits per heavy atom. The van der Waals surface area contributed by atoms with E-state index in [1.165, 1.54) is 17.4 Å². The van der Waals surface area contributed by atoms with Crippen LogP contribution in [-0.4, -0.2) is 23.5 Å². The van der Waals surface area contributed by atoms with Gasteiger partial charge in [0.2, 0.25) is 0 Å². The number of alkyl halides is 3. The molecule has 2 aromatic rings. The summed E-state index contributed by atoms with van der Waals surface area (Å²) in [7, 11) is 0. The smallest absolute Gasteiger partial charge is 0.361 e. The van der Waals surface area contributed by atoms with Gasteiger partial charge in [0.1, 0.15) is 12.7 Å². The number of rotatable bonds is 2. The van der Waals surface area contributed by atoms with Crippen LogP contribution in [0.15, 0.2) is 41.1 Å². The normalized spacial score (nSPS) is 18.3. The Hall–Kier alpha value is -2.02. The number of carbonyl (C=O) groups is 1. The number of nitrogens with one attached hydrogen (secondary N) is 1. The number of halogens is 3. The lowest BCUT2D eigenvalue weighted by atomic mass is 10.1. The third-order valence-electron chi connectivity index (χ3n) is 3.23. The summed E-state index contributed by atoms with van der Waals surface area (Å²) < 4.78 is 38.4. The van der Waals surface area contributed by atoms with Gasteiger partial charge in [0.05, 0.1) is 5.56 Å². The minimum absolute atomic E-state index is 0.258. The quantitative estimate of drug-likeness (QED) is 0.913. The van der Waals surface area contributed by atoms with E-state index in [0.29, 0.717) is 11.3 Å². The minimum Gasteiger partial charge on any atom is -0.361 e. The molecule has 1 aliphatic rings. The molecule has 3 nitrogen and oxygen atoms in total. The van der Waals surface area contributed by atoms with Crippen molar-refractivity contribution >= 4 is 22.9 Å². The Labute approximate surface area is 123 Å². The van der Waals surface area contributed by atoms with Gasteiger partial charge in [-0.25, -0.2) is 0 Å². The average molecular weight is 312 g/mol. The monoisotopic (exact) mass is 312 g/mol. The second-order valence-corrected chi connectivity index (χ2v) is 5.48. The number of fused-ring (bicyclic) bond motifs is 1. The Balaban J connectivity index is 2.03. The van der Waals surface area contributed by atoms with Crippen LogP contribution in [0.2, 0.25) is 0 Å². The largest absolute Gasteiger partial charge is 0.406 e. The van der Waals surface area contributed by atoms with Gasteiger partial charge in [0.25, 0.3) is 5.91 Å². The fourth-order valence-electron chi connectivity index (χ4n) is 2.34. The first-order valence-electron chi connectivity index (χ1n) is 6.21. The van der Waals surface area contributed by atoms with Crippen molar-refractivity contribution in [2.45, 2.75) is 12.3 Å². The summed E-state index contributed by atoms with van der Waals surface area (Å²) in [5.74, 6) is -0.613. The van der Waals surface area contributed by atoms with Crippen molar-refractivity contribution in [2.75, 3.05) is 11.9 Å². The number of hydrogen-bond donors (Lipinski definition) is 1. The average Bonchev–Trinajstić information content (AvgIpc) is 2.94. The molecule has 7 heteroatoms. The lowest BCUT2D eigenvalue weighted by molar-refractivity contribution is -0.144. The van der Waals surface area contributed by atoms with Crippen LogP contribution in [0, 0.1) is 0 Å². The van der Waals surface area contributed by atoms with Crippen LogP contribution < -0.4 is 5.32 Å². The van der Waals surface area contributed by atoms with Crippen molar-refractivity contribution in [3.8, 4) is 0 Å². The van der Waals surface area contributed by atoms with Crippen molar-refractivity contribution in [3.63, 3.8) is 0 Å². The van der Waals surface area contributed by atoms with E-state index in [2.05, 4.69) is 5.32 Å². The van der Waals surface area contributed by atoms with Crippen LogP contribution in [0.5, 0.6) is 0 Å². The summed E-state index contributed by atoms with van der Waals surface area (Å²) in [6.07, 6.45) is -5.25. The fourth-order valence-corrected chi connectivity index (χ4v) is 3.02. The molecule has 0 unspecified atom stereocenters. The van der Waals surface area contributed by atoms with Crippen molar-refractivity contribution < 1.29 is 18.0 Å². The molecule has 1 aromatic carbocycles. The van der Waals surface area contributed by atoms with Gasteiger partial charge in [-0.05, 0) is 29.0 Å². The van der Waals surface area contributed by atoms with Crippen molar-refractivity contribution in [2.24, 2.45) is 0 Å². The molecule has 0 saturated carbocycles. The number of hydrogen-bond acceptors (Lipinski definition) is 3. The number of amides is 1. The summed E-state index contributed by atoms with van der Waals surface area (Å²) in [5.41, 5.74) is 1.46.